The Kier molecular flexibility index (Phi) is 8.26. The lowest BCUT2D eigenvalue weighted by Gasteiger charge is -2.20. The number of pyridine rings is 1. The summed E-state index contributed by atoms with van der Waals surface area (Å²) in [5.41, 5.74) is 11.5. The number of hydrogen-bond acceptors (Lipinski definition) is 4. The van der Waals surface area contributed by atoms with Crippen LogP contribution >= 0.6 is 11.3 Å². The van der Waals surface area contributed by atoms with Crippen molar-refractivity contribution >= 4 is 23.4 Å². The average Bonchev–Trinajstić information content (AvgIpc) is 3.16. The predicted octanol–water partition coefficient (Wildman–Crippen LogP) is 6.20. The largest absolute Gasteiger partial charge is 0.330 e. The smallest absolute Gasteiger partial charge is 0.211 e. The van der Waals surface area contributed by atoms with Crippen LogP contribution in [0.3, 0.4) is 0 Å². The lowest BCUT2D eigenvalue weighted by Crippen LogP contribution is -2.09. The molecule has 2 heterocycles. The summed E-state index contributed by atoms with van der Waals surface area (Å²) in [4.78, 5) is 16.9. The van der Waals surface area contributed by atoms with Gasteiger partial charge in [0.15, 0.2) is 0 Å². The van der Waals surface area contributed by atoms with Crippen molar-refractivity contribution in [2.45, 2.75) is 47.5 Å². The van der Waals surface area contributed by atoms with Gasteiger partial charge in [-0.15, -0.1) is 11.3 Å². The van der Waals surface area contributed by atoms with Crippen LogP contribution in [0.5, 0.6) is 0 Å². The van der Waals surface area contributed by atoms with E-state index < -0.39 is 0 Å². The normalized spacial score (nSPS) is 11.5. The number of aromatic nitrogens is 1. The molecule has 0 aliphatic carbocycles. The molecule has 3 rings (SSSR count). The zero-order valence-corrected chi connectivity index (χ0v) is 19.3. The molecular weight excluding hydrogens is 397 g/mol. The van der Waals surface area contributed by atoms with E-state index in [1.165, 1.54) is 0 Å². The van der Waals surface area contributed by atoms with E-state index in [-0.39, 0.29) is 11.7 Å². The molecular formula is C24H30FN3OS. The van der Waals surface area contributed by atoms with Crippen molar-refractivity contribution in [3.05, 3.63) is 57.3 Å². The summed E-state index contributed by atoms with van der Waals surface area (Å²) in [5, 5.41) is 4.77. The number of rotatable bonds is 6. The summed E-state index contributed by atoms with van der Waals surface area (Å²) in [6.07, 6.45) is 0.636. The fourth-order valence-electron chi connectivity index (χ4n) is 3.51. The first-order chi connectivity index (χ1) is 14.4. The maximum Gasteiger partial charge on any atom is 0.211 e. The molecule has 0 saturated carbocycles. The molecule has 0 radical (unpaired) electrons. The molecule has 0 spiro atoms. The number of nitrogens with two attached hydrogens (primary N) is 1. The molecule has 0 bridgehead atoms. The van der Waals surface area contributed by atoms with Crippen LogP contribution in [0.25, 0.3) is 22.3 Å². The van der Waals surface area contributed by atoms with E-state index in [1.54, 1.807) is 23.5 Å². The van der Waals surface area contributed by atoms with Gasteiger partial charge < -0.3 is 11.1 Å². The van der Waals surface area contributed by atoms with E-state index in [0.717, 1.165) is 21.6 Å². The summed E-state index contributed by atoms with van der Waals surface area (Å²) in [5.74, 6) is -0.246. The van der Waals surface area contributed by atoms with Gasteiger partial charge in [0, 0.05) is 27.3 Å². The average molecular weight is 428 g/mol. The standard InChI is InChI=1S/C22H24FN3OS.C2H6/c1-12(10-24)16-5-6-18(19(23)9-16)20-13(2)26-14(3)22(25-11-27)21(20)17-7-8-28-15(17)4;1-2/h5-9,11-12H,10,24H2,1-4H3,(H,25,27);1-2H3. The van der Waals surface area contributed by atoms with Crippen LogP contribution in [0.15, 0.2) is 29.6 Å². The molecule has 4 nitrogen and oxygen atoms in total. The van der Waals surface area contributed by atoms with Gasteiger partial charge in [0.1, 0.15) is 5.82 Å². The predicted molar refractivity (Wildman–Crippen MR) is 126 cm³/mol. The van der Waals surface area contributed by atoms with Crippen molar-refractivity contribution in [1.82, 2.24) is 4.98 Å². The van der Waals surface area contributed by atoms with E-state index in [0.29, 0.717) is 41.2 Å². The molecule has 30 heavy (non-hydrogen) atoms. The van der Waals surface area contributed by atoms with Gasteiger partial charge in [0.05, 0.1) is 11.4 Å². The maximum atomic E-state index is 15.2. The number of thiophene rings is 1. The van der Waals surface area contributed by atoms with Gasteiger partial charge in [-0.3, -0.25) is 9.78 Å². The van der Waals surface area contributed by atoms with Crippen LogP contribution in [-0.2, 0) is 4.79 Å². The number of aryl methyl sites for hydroxylation is 3. The number of nitrogens with zero attached hydrogens (tertiary/aromatic N) is 1. The topological polar surface area (TPSA) is 68.0 Å². The van der Waals surface area contributed by atoms with Gasteiger partial charge in [-0.2, -0.15) is 0 Å². The van der Waals surface area contributed by atoms with Crippen molar-refractivity contribution < 1.29 is 9.18 Å². The van der Waals surface area contributed by atoms with Crippen molar-refractivity contribution in [2.24, 2.45) is 5.73 Å². The molecule has 3 N–H and O–H groups in total. The fraction of sp³-hybridized carbons (Fsp3) is 0.333. The molecule has 1 unspecified atom stereocenters. The number of amides is 1. The zero-order chi connectivity index (χ0) is 22.4. The van der Waals surface area contributed by atoms with Crippen molar-refractivity contribution in [1.29, 1.82) is 0 Å². The molecule has 160 valence electrons. The van der Waals surface area contributed by atoms with Crippen LogP contribution in [0.2, 0.25) is 0 Å². The van der Waals surface area contributed by atoms with Crippen LogP contribution < -0.4 is 11.1 Å². The summed E-state index contributed by atoms with van der Waals surface area (Å²) in [6, 6.07) is 7.23. The van der Waals surface area contributed by atoms with Crippen LogP contribution in [-0.4, -0.2) is 17.9 Å². The third kappa shape index (κ3) is 4.60. The van der Waals surface area contributed by atoms with Gasteiger partial charge in [-0.05, 0) is 61.9 Å². The van der Waals surface area contributed by atoms with E-state index >= 15 is 4.39 Å². The molecule has 0 aliphatic rings. The third-order valence-corrected chi connectivity index (χ3v) is 5.92. The number of halogens is 1. The lowest BCUT2D eigenvalue weighted by atomic mass is 9.90. The van der Waals surface area contributed by atoms with E-state index in [9.17, 15) is 4.79 Å². The summed E-state index contributed by atoms with van der Waals surface area (Å²) in [7, 11) is 0. The highest BCUT2D eigenvalue weighted by molar-refractivity contribution is 7.10. The molecule has 1 amide bonds. The summed E-state index contributed by atoms with van der Waals surface area (Å²) >= 11 is 1.61. The Morgan fingerprint density at radius 3 is 2.37 bits per heavy atom. The first kappa shape index (κ1) is 23.7. The summed E-state index contributed by atoms with van der Waals surface area (Å²) < 4.78 is 15.2. The second-order valence-electron chi connectivity index (χ2n) is 6.94. The Morgan fingerprint density at radius 2 is 1.83 bits per heavy atom. The Labute approximate surface area is 182 Å². The number of benzene rings is 1. The first-order valence-corrected chi connectivity index (χ1v) is 11.0. The fourth-order valence-corrected chi connectivity index (χ4v) is 4.21. The number of hydrogen-bond donors (Lipinski definition) is 2. The van der Waals surface area contributed by atoms with Crippen LogP contribution in [0.1, 0.15) is 48.5 Å². The molecule has 0 fully saturated rings. The Bertz CT molecular complexity index is 1030. The van der Waals surface area contributed by atoms with Gasteiger partial charge >= 0.3 is 0 Å². The minimum absolute atomic E-state index is 0.0756. The van der Waals surface area contributed by atoms with Gasteiger partial charge in [0.2, 0.25) is 6.41 Å². The molecule has 0 aliphatic heterocycles. The second kappa shape index (κ2) is 10.5. The second-order valence-corrected chi connectivity index (χ2v) is 8.06. The van der Waals surface area contributed by atoms with Crippen LogP contribution in [0, 0.1) is 26.6 Å². The minimum Gasteiger partial charge on any atom is -0.330 e. The monoisotopic (exact) mass is 427 g/mol. The zero-order valence-electron chi connectivity index (χ0n) is 18.5. The van der Waals surface area contributed by atoms with Crippen molar-refractivity contribution in [2.75, 3.05) is 11.9 Å². The maximum absolute atomic E-state index is 15.2. The Hall–Kier alpha value is -2.57. The first-order valence-electron chi connectivity index (χ1n) is 10.1. The molecule has 1 atom stereocenters. The quantitative estimate of drug-likeness (QED) is 0.460. The number of carbonyl (C=O) groups excluding carboxylic acids is 1. The number of anilines is 1. The van der Waals surface area contributed by atoms with Crippen LogP contribution in [0.4, 0.5) is 10.1 Å². The van der Waals surface area contributed by atoms with Crippen molar-refractivity contribution in [3.8, 4) is 22.3 Å². The molecule has 0 saturated heterocycles. The molecule has 2 aromatic heterocycles. The third-order valence-electron chi connectivity index (χ3n) is 5.08. The van der Waals surface area contributed by atoms with Gasteiger partial charge in [-0.1, -0.05) is 32.9 Å². The minimum atomic E-state index is -0.322. The van der Waals surface area contributed by atoms with Gasteiger partial charge in [0.25, 0.3) is 0 Å². The molecule has 1 aromatic carbocycles. The van der Waals surface area contributed by atoms with Gasteiger partial charge in [-0.25, -0.2) is 4.39 Å². The van der Waals surface area contributed by atoms with Crippen molar-refractivity contribution in [3.63, 3.8) is 0 Å². The highest BCUT2D eigenvalue weighted by Crippen LogP contribution is 2.44. The number of carbonyl (C=O) groups is 1. The Morgan fingerprint density at radius 1 is 1.13 bits per heavy atom. The lowest BCUT2D eigenvalue weighted by molar-refractivity contribution is -0.105. The molecule has 3 aromatic rings. The summed E-state index contributed by atoms with van der Waals surface area (Å²) in [6.45, 7) is 12.2. The molecule has 6 heteroatoms. The SMILES string of the molecule is CC.Cc1nc(C)c(-c2ccc(C(C)CN)cc2F)c(-c2ccsc2C)c1NC=O. The number of nitrogens with one attached hydrogen (secondary N) is 1. The highest BCUT2D eigenvalue weighted by atomic mass is 32.1. The van der Waals surface area contributed by atoms with E-state index in [2.05, 4.69) is 10.3 Å². The highest BCUT2D eigenvalue weighted by Gasteiger charge is 2.23. The van der Waals surface area contributed by atoms with E-state index in [4.69, 9.17) is 5.73 Å². The Balaban J connectivity index is 0.00000155. The van der Waals surface area contributed by atoms with E-state index in [1.807, 2.05) is 59.1 Å².